The van der Waals surface area contributed by atoms with E-state index in [0.717, 1.165) is 0 Å². The second kappa shape index (κ2) is 8.46. The van der Waals surface area contributed by atoms with E-state index in [2.05, 4.69) is 0 Å². The van der Waals surface area contributed by atoms with Crippen molar-refractivity contribution in [1.29, 1.82) is 0 Å². The van der Waals surface area contributed by atoms with Crippen LogP contribution in [0, 0.1) is 0 Å². The van der Waals surface area contributed by atoms with Crippen LogP contribution in [0.3, 0.4) is 0 Å². The van der Waals surface area contributed by atoms with E-state index < -0.39 is 53.5 Å². The summed E-state index contributed by atoms with van der Waals surface area (Å²) in [5.74, 6) is -2.24. The number of carbonyl (C=O) groups excluding carboxylic acids is 1. The third-order valence-corrected chi connectivity index (χ3v) is 7.54. The number of hydrogen-bond donors (Lipinski definition) is 7. The summed E-state index contributed by atoms with van der Waals surface area (Å²) in [5.41, 5.74) is 4.14. The van der Waals surface area contributed by atoms with Gasteiger partial charge in [-0.2, -0.15) is 0 Å². The number of aliphatic hydroxyl groups excluding tert-OH is 1. The number of phenols is 4. The molecule has 10 nitrogen and oxygen atoms in total. The summed E-state index contributed by atoms with van der Waals surface area (Å²) in [6, 6.07) is 5.76. The first-order valence-electron chi connectivity index (χ1n) is 11.8. The number of aliphatic hydroxyl groups is 2. The molecule has 6 atom stereocenters. The molecule has 0 unspecified atom stereocenters. The fraction of sp³-hybridized carbons (Fsp3) is 0.423. The number of ether oxygens (including phenoxy) is 2. The second-order valence-corrected chi connectivity index (χ2v) is 9.84. The van der Waals surface area contributed by atoms with Crippen LogP contribution < -0.4 is 5.73 Å². The van der Waals surface area contributed by atoms with Crippen molar-refractivity contribution in [1.82, 2.24) is 0 Å². The highest BCUT2D eigenvalue weighted by Gasteiger charge is 2.47. The number of hydrogen-bond acceptors (Lipinski definition) is 10. The van der Waals surface area contributed by atoms with Crippen molar-refractivity contribution in [2.75, 3.05) is 0 Å². The molecule has 0 spiro atoms. The molecule has 3 aromatic rings. The predicted octanol–water partition coefficient (Wildman–Crippen LogP) is 1.96. The van der Waals surface area contributed by atoms with Crippen LogP contribution >= 0.6 is 0 Å². The summed E-state index contributed by atoms with van der Waals surface area (Å²) < 4.78 is 11.8. The molecule has 36 heavy (non-hydrogen) atoms. The lowest BCUT2D eigenvalue weighted by atomic mass is 9.74. The predicted molar refractivity (Wildman–Crippen MR) is 129 cm³/mol. The Morgan fingerprint density at radius 3 is 2.19 bits per heavy atom. The molecule has 10 heteroatoms. The van der Waals surface area contributed by atoms with Gasteiger partial charge in [-0.15, -0.1) is 0 Å². The fourth-order valence-corrected chi connectivity index (χ4v) is 5.46. The van der Waals surface area contributed by atoms with Gasteiger partial charge in [-0.3, -0.25) is 4.79 Å². The fourth-order valence-electron chi connectivity index (χ4n) is 5.46. The van der Waals surface area contributed by atoms with Gasteiger partial charge in [0, 0.05) is 47.2 Å². The molecular formula is C26H29NO9. The number of Topliss-reactive ketones (excluding diaryl/α,β-unsaturated/α-hetero) is 1. The van der Waals surface area contributed by atoms with Crippen LogP contribution in [0.15, 0.2) is 24.3 Å². The van der Waals surface area contributed by atoms with Crippen LogP contribution in [-0.2, 0) is 20.7 Å². The number of nitrogens with two attached hydrogens (primary N) is 1. The second-order valence-electron chi connectivity index (χ2n) is 9.84. The van der Waals surface area contributed by atoms with Gasteiger partial charge in [0.25, 0.3) is 0 Å². The Bertz CT molecular complexity index is 1380. The number of carbonyl (C=O) groups is 1. The molecule has 3 aromatic carbocycles. The van der Waals surface area contributed by atoms with E-state index in [1.807, 2.05) is 0 Å². The van der Waals surface area contributed by atoms with Crippen molar-refractivity contribution in [3.8, 4) is 23.0 Å². The maximum absolute atomic E-state index is 12.4. The van der Waals surface area contributed by atoms with Crippen LogP contribution in [0.1, 0.15) is 43.9 Å². The SMILES string of the molecule is CC(=O)[C@]1(O)Cc2c(c(O)c3c(O)c4ccccc4c(O)c3c2O)[C@@H](O[C@H]2C[C@H](N)[C@H](O)[C@H](C)O2)C1. The van der Waals surface area contributed by atoms with Gasteiger partial charge in [0.2, 0.25) is 0 Å². The van der Waals surface area contributed by atoms with Crippen molar-refractivity contribution >= 4 is 27.3 Å². The first-order chi connectivity index (χ1) is 16.9. The largest absolute Gasteiger partial charge is 0.507 e. The van der Waals surface area contributed by atoms with Gasteiger partial charge < -0.3 is 45.8 Å². The highest BCUT2D eigenvalue weighted by Crippen LogP contribution is 2.56. The number of phenolic OH excluding ortho intramolecular Hbond substituents is 4. The van der Waals surface area contributed by atoms with E-state index in [1.54, 1.807) is 31.2 Å². The van der Waals surface area contributed by atoms with Crippen molar-refractivity contribution in [3.05, 3.63) is 35.4 Å². The molecule has 0 saturated carbocycles. The molecule has 0 aromatic heterocycles. The summed E-state index contributed by atoms with van der Waals surface area (Å²) in [7, 11) is 0. The lowest BCUT2D eigenvalue weighted by molar-refractivity contribution is -0.247. The van der Waals surface area contributed by atoms with Gasteiger partial charge in [-0.1, -0.05) is 24.3 Å². The number of benzene rings is 3. The van der Waals surface area contributed by atoms with Crippen LogP contribution in [0.5, 0.6) is 23.0 Å². The van der Waals surface area contributed by atoms with Crippen molar-refractivity contribution in [3.63, 3.8) is 0 Å². The highest BCUT2D eigenvalue weighted by molar-refractivity contribution is 6.15. The zero-order valence-electron chi connectivity index (χ0n) is 19.8. The summed E-state index contributed by atoms with van der Waals surface area (Å²) in [4.78, 5) is 12.4. The number of ketones is 1. The minimum Gasteiger partial charge on any atom is -0.507 e. The molecule has 1 heterocycles. The van der Waals surface area contributed by atoms with Crippen LogP contribution in [0.2, 0.25) is 0 Å². The number of fused-ring (bicyclic) bond motifs is 3. The summed E-state index contributed by atoms with van der Waals surface area (Å²) in [5, 5.41) is 66.1. The van der Waals surface area contributed by atoms with Gasteiger partial charge in [-0.05, 0) is 13.8 Å². The first kappa shape index (κ1) is 24.5. The van der Waals surface area contributed by atoms with Gasteiger partial charge in [0.05, 0.1) is 29.1 Å². The maximum Gasteiger partial charge on any atom is 0.161 e. The smallest absolute Gasteiger partial charge is 0.161 e. The van der Waals surface area contributed by atoms with E-state index in [1.165, 1.54) is 6.92 Å². The molecule has 1 aliphatic carbocycles. The molecule has 0 amide bonds. The molecule has 192 valence electrons. The highest BCUT2D eigenvalue weighted by atomic mass is 16.7. The van der Waals surface area contributed by atoms with E-state index in [9.17, 15) is 35.4 Å². The molecule has 2 aliphatic rings. The molecule has 1 saturated heterocycles. The van der Waals surface area contributed by atoms with Gasteiger partial charge in [0.1, 0.15) is 28.6 Å². The molecule has 5 rings (SSSR count). The minimum atomic E-state index is -1.94. The Morgan fingerprint density at radius 1 is 1.06 bits per heavy atom. The van der Waals surface area contributed by atoms with E-state index in [4.69, 9.17) is 15.2 Å². The van der Waals surface area contributed by atoms with E-state index in [0.29, 0.717) is 0 Å². The lowest BCUT2D eigenvalue weighted by Gasteiger charge is -2.41. The van der Waals surface area contributed by atoms with Crippen LogP contribution in [0.4, 0.5) is 0 Å². The minimum absolute atomic E-state index is 0.00659. The molecular weight excluding hydrogens is 470 g/mol. The Labute approximate surface area is 206 Å². The van der Waals surface area contributed by atoms with Crippen molar-refractivity contribution < 1.29 is 44.9 Å². The maximum atomic E-state index is 12.4. The number of aromatic hydroxyl groups is 4. The Balaban J connectivity index is 1.74. The monoisotopic (exact) mass is 499 g/mol. The Kier molecular flexibility index (Phi) is 5.77. The lowest BCUT2D eigenvalue weighted by Crippen LogP contribution is -2.52. The normalized spacial score (nSPS) is 30.4. The Hall–Kier alpha value is -3.15. The van der Waals surface area contributed by atoms with Gasteiger partial charge in [0.15, 0.2) is 12.1 Å². The molecule has 1 fully saturated rings. The first-order valence-corrected chi connectivity index (χ1v) is 11.8. The van der Waals surface area contributed by atoms with Gasteiger partial charge >= 0.3 is 0 Å². The van der Waals surface area contributed by atoms with E-state index in [-0.39, 0.29) is 63.4 Å². The topological polar surface area (TPSA) is 183 Å². The zero-order valence-corrected chi connectivity index (χ0v) is 19.8. The number of rotatable bonds is 3. The average molecular weight is 500 g/mol. The van der Waals surface area contributed by atoms with Crippen LogP contribution in [-0.4, -0.2) is 66.6 Å². The standard InChI is InChI=1S/C26H29NO9/c1-10-21(29)15(27)7-17(35-10)36-16-9-26(34,11(2)28)8-14-18(16)25(33)20-19(24(14)32)22(30)12-5-3-4-6-13(12)23(20)31/h3-6,10,15-17,21,29-34H,7-9,27H2,1-2H3/t10-,15-,16-,17-,21+,26-/m0/s1. The van der Waals surface area contributed by atoms with E-state index >= 15 is 0 Å². The van der Waals surface area contributed by atoms with Crippen LogP contribution in [0.25, 0.3) is 21.5 Å². The third-order valence-electron chi connectivity index (χ3n) is 7.54. The third kappa shape index (κ3) is 3.56. The summed E-state index contributed by atoms with van der Waals surface area (Å²) in [6.07, 6.45) is -4.16. The zero-order chi connectivity index (χ0) is 26.1. The van der Waals surface area contributed by atoms with Gasteiger partial charge in [-0.25, -0.2) is 0 Å². The summed E-state index contributed by atoms with van der Waals surface area (Å²) in [6.45, 7) is 2.84. The molecule has 1 aliphatic heterocycles. The van der Waals surface area contributed by atoms with Crippen molar-refractivity contribution in [2.24, 2.45) is 5.73 Å². The quantitative estimate of drug-likeness (QED) is 0.208. The van der Waals surface area contributed by atoms with Crippen molar-refractivity contribution in [2.45, 2.75) is 69.4 Å². The molecule has 0 bridgehead atoms. The molecule has 8 N–H and O–H groups in total. The Morgan fingerprint density at radius 2 is 1.64 bits per heavy atom. The summed E-state index contributed by atoms with van der Waals surface area (Å²) >= 11 is 0. The molecule has 0 radical (unpaired) electrons. The average Bonchev–Trinajstić information content (AvgIpc) is 2.82.